The molecule has 4 aliphatic rings. The number of rotatable bonds is 11. The van der Waals surface area contributed by atoms with Crippen LogP contribution in [0.4, 0.5) is 15.9 Å². The summed E-state index contributed by atoms with van der Waals surface area (Å²) in [6.07, 6.45) is 8.83. The lowest BCUT2D eigenvalue weighted by molar-refractivity contribution is -0.136. The summed E-state index contributed by atoms with van der Waals surface area (Å²) in [5, 5.41) is 16.8. The number of pyridine rings is 1. The molecule has 2 aromatic carbocycles. The first-order valence-electron chi connectivity index (χ1n) is 20.0. The van der Waals surface area contributed by atoms with Crippen LogP contribution in [0.3, 0.4) is 0 Å². The topological polar surface area (TPSA) is 198 Å². The average Bonchev–Trinajstić information content (AvgIpc) is 3.91. The molecule has 1 unspecified atom stereocenters. The van der Waals surface area contributed by atoms with Crippen LogP contribution in [-0.2, 0) is 22.7 Å². The van der Waals surface area contributed by atoms with Crippen LogP contribution < -0.4 is 20.7 Å². The van der Waals surface area contributed by atoms with Crippen molar-refractivity contribution in [3.8, 4) is 23.1 Å². The van der Waals surface area contributed by atoms with Crippen LogP contribution in [0.15, 0.2) is 73.4 Å². The van der Waals surface area contributed by atoms with Gasteiger partial charge in [0.1, 0.15) is 24.0 Å². The quantitative estimate of drug-likeness (QED) is 0.183. The van der Waals surface area contributed by atoms with Gasteiger partial charge in [-0.1, -0.05) is 12.1 Å². The van der Waals surface area contributed by atoms with Gasteiger partial charge in [0.25, 0.3) is 11.8 Å². The fourth-order valence-electron chi connectivity index (χ4n) is 8.69. The minimum atomic E-state index is -0.986. The van der Waals surface area contributed by atoms with Crippen molar-refractivity contribution in [2.75, 3.05) is 36.8 Å². The molecule has 5 aromatic rings. The highest BCUT2D eigenvalue weighted by molar-refractivity contribution is 6.23. The first kappa shape index (κ1) is 38.6. The third kappa shape index (κ3) is 7.34. The summed E-state index contributed by atoms with van der Waals surface area (Å²) in [4.78, 5) is 64.9. The number of amides is 4. The molecule has 3 fully saturated rings. The zero-order valence-electron chi connectivity index (χ0n) is 32.8. The Bertz CT molecular complexity index is 2570. The predicted octanol–water partition coefficient (Wildman–Crippen LogP) is 3.92. The van der Waals surface area contributed by atoms with Gasteiger partial charge in [0.2, 0.25) is 11.8 Å². The Balaban J connectivity index is 0.780. The number of nitrogens with zero attached hydrogens (tertiary/aromatic N) is 9. The van der Waals surface area contributed by atoms with Crippen LogP contribution in [-0.4, -0.2) is 96.0 Å². The number of carbonyl (C=O) groups excluding carboxylic acids is 4. The minimum Gasteiger partial charge on any atom is -0.482 e. The van der Waals surface area contributed by atoms with Crippen molar-refractivity contribution >= 4 is 35.1 Å². The van der Waals surface area contributed by atoms with Crippen LogP contribution in [0, 0.1) is 23.1 Å². The maximum absolute atomic E-state index is 13.9. The van der Waals surface area contributed by atoms with Gasteiger partial charge >= 0.3 is 0 Å². The van der Waals surface area contributed by atoms with E-state index in [4.69, 9.17) is 10.5 Å². The fourth-order valence-corrected chi connectivity index (χ4v) is 8.69. The second-order valence-electron chi connectivity index (χ2n) is 15.9. The van der Waals surface area contributed by atoms with E-state index in [-0.39, 0.29) is 35.7 Å². The number of hydrogen-bond donors (Lipinski definition) is 2. The summed E-state index contributed by atoms with van der Waals surface area (Å²) in [7, 11) is 0. The van der Waals surface area contributed by atoms with Gasteiger partial charge in [-0.3, -0.25) is 39.0 Å². The number of benzene rings is 2. The molecule has 16 nitrogen and oxygen atoms in total. The number of piperidine rings is 2. The van der Waals surface area contributed by atoms with Gasteiger partial charge < -0.3 is 19.9 Å². The Morgan fingerprint density at radius 2 is 1.80 bits per heavy atom. The zero-order chi connectivity index (χ0) is 41.7. The van der Waals surface area contributed by atoms with Gasteiger partial charge in [-0.2, -0.15) is 10.4 Å². The molecule has 2 atom stereocenters. The first-order valence-corrected chi connectivity index (χ1v) is 20.0. The lowest BCUT2D eigenvalue weighted by Gasteiger charge is -2.48. The molecular weight excluding hydrogens is 770 g/mol. The summed E-state index contributed by atoms with van der Waals surface area (Å²) < 4.78 is 23.8. The number of nitrogens with one attached hydrogen (secondary N) is 1. The number of imide groups is 2. The molecule has 60 heavy (non-hydrogen) atoms. The molecule has 17 heteroatoms. The van der Waals surface area contributed by atoms with E-state index < -0.39 is 35.8 Å². The number of nitriles is 1. The summed E-state index contributed by atoms with van der Waals surface area (Å²) >= 11 is 0. The molecule has 0 spiro atoms. The van der Waals surface area contributed by atoms with Crippen molar-refractivity contribution < 1.29 is 28.3 Å². The van der Waals surface area contributed by atoms with E-state index >= 15 is 0 Å². The summed E-state index contributed by atoms with van der Waals surface area (Å²) in [5.74, 6) is -1.45. The highest BCUT2D eigenvalue weighted by Gasteiger charge is 2.45. The Hall–Kier alpha value is -6.93. The van der Waals surface area contributed by atoms with E-state index in [0.29, 0.717) is 46.6 Å². The molecule has 0 saturated carbocycles. The number of ether oxygens (including phenoxy) is 1. The minimum absolute atomic E-state index is 0.0809. The average molecular weight is 812 g/mol. The third-order valence-corrected chi connectivity index (χ3v) is 12.0. The number of nitrogens with two attached hydrogens (primary N) is 1. The first-order chi connectivity index (χ1) is 29.0. The van der Waals surface area contributed by atoms with Crippen LogP contribution in [0.2, 0.25) is 0 Å². The molecule has 9 rings (SSSR count). The van der Waals surface area contributed by atoms with E-state index in [1.54, 1.807) is 49.8 Å². The molecule has 0 aliphatic carbocycles. The number of fused-ring (bicyclic) bond motifs is 1. The number of aromatic nitrogens is 5. The zero-order valence-corrected chi connectivity index (χ0v) is 32.8. The molecule has 3 saturated heterocycles. The van der Waals surface area contributed by atoms with Gasteiger partial charge in [-0.25, -0.2) is 14.4 Å². The van der Waals surface area contributed by atoms with Gasteiger partial charge in [-0.15, -0.1) is 0 Å². The van der Waals surface area contributed by atoms with Gasteiger partial charge in [0, 0.05) is 61.3 Å². The summed E-state index contributed by atoms with van der Waals surface area (Å²) in [6.45, 7) is 6.56. The molecule has 7 heterocycles. The SMILES string of the molecule is C[C@@H](Oc1cc(-c2c(C#N)ncn2Cc2cnn(CC3CCN(C4CN(c5ccc6c(c5)C(=O)N(C5CCC(=O)NC5=O)C6=O)C4)CC3)c2)cnc1N)c1cccc(F)c1. The monoisotopic (exact) mass is 811 g/mol. The molecule has 3 aromatic heterocycles. The number of nitrogen functional groups attached to an aromatic ring is 1. The maximum Gasteiger partial charge on any atom is 0.262 e. The highest BCUT2D eigenvalue weighted by atomic mass is 19.1. The third-order valence-electron chi connectivity index (χ3n) is 12.0. The van der Waals surface area contributed by atoms with E-state index in [1.807, 2.05) is 27.7 Å². The number of hydrogen-bond acceptors (Lipinski definition) is 12. The summed E-state index contributed by atoms with van der Waals surface area (Å²) in [5.41, 5.74) is 10.6. The second-order valence-corrected chi connectivity index (χ2v) is 15.9. The Morgan fingerprint density at radius 3 is 2.57 bits per heavy atom. The van der Waals surface area contributed by atoms with Crippen LogP contribution in [0.25, 0.3) is 11.3 Å². The standard InChI is InChI=1S/C43H42FN11O5/c1-25(28-3-2-4-30(44)13-28)60-37-14-29(18-47-40(37)46)39-35(16-45)48-24-53(39)19-27-17-49-54(21-27)20-26-9-11-51(12-10-26)32-22-52(23-32)31-5-6-33-34(15-31)43(59)55(42(33)58)36-7-8-38(56)50-41(36)57/h2-6,13-15,17-18,21,24-26,32,36H,7-12,19-20,22-23H2,1H3,(H2,46,47)(H,50,56,57)/t25-,36?/m1/s1. The van der Waals surface area contributed by atoms with Gasteiger partial charge in [-0.05, 0) is 87.2 Å². The molecule has 0 radical (unpaired) electrons. The number of halogens is 1. The van der Waals surface area contributed by atoms with Crippen LogP contribution >= 0.6 is 0 Å². The van der Waals surface area contributed by atoms with E-state index in [2.05, 4.69) is 36.3 Å². The molecule has 3 N–H and O–H groups in total. The van der Waals surface area contributed by atoms with Crippen molar-refractivity contribution in [3.05, 3.63) is 107 Å². The lowest BCUT2D eigenvalue weighted by Crippen LogP contribution is -2.61. The maximum atomic E-state index is 13.9. The molecule has 306 valence electrons. The van der Waals surface area contributed by atoms with E-state index in [1.165, 1.54) is 12.1 Å². The normalized spacial score (nSPS) is 19.2. The second kappa shape index (κ2) is 15.7. The van der Waals surface area contributed by atoms with Crippen molar-refractivity contribution in [2.24, 2.45) is 5.92 Å². The molecular formula is C43H42FN11O5. The smallest absolute Gasteiger partial charge is 0.262 e. The Morgan fingerprint density at radius 1 is 1.00 bits per heavy atom. The molecule has 0 bridgehead atoms. The van der Waals surface area contributed by atoms with Crippen molar-refractivity contribution in [1.82, 2.24) is 39.4 Å². The number of likely N-dealkylation sites (tertiary alicyclic amines) is 1. The Kier molecular flexibility index (Phi) is 10.1. The predicted molar refractivity (Wildman–Crippen MR) is 215 cm³/mol. The van der Waals surface area contributed by atoms with Crippen molar-refractivity contribution in [3.63, 3.8) is 0 Å². The largest absolute Gasteiger partial charge is 0.482 e. The lowest BCUT2D eigenvalue weighted by atomic mass is 9.94. The van der Waals surface area contributed by atoms with Gasteiger partial charge in [0.15, 0.2) is 17.3 Å². The number of carbonyl (C=O) groups is 4. The van der Waals surface area contributed by atoms with E-state index in [9.17, 15) is 28.8 Å². The van der Waals surface area contributed by atoms with Crippen molar-refractivity contribution in [1.29, 1.82) is 5.26 Å². The van der Waals surface area contributed by atoms with Crippen molar-refractivity contribution in [2.45, 2.75) is 63.9 Å². The van der Waals surface area contributed by atoms with Crippen LogP contribution in [0.5, 0.6) is 5.75 Å². The summed E-state index contributed by atoms with van der Waals surface area (Å²) in [6, 6.07) is 14.7. The number of anilines is 2. The Labute approximate surface area is 344 Å². The highest BCUT2D eigenvalue weighted by Crippen LogP contribution is 2.35. The molecule has 4 aliphatic heterocycles. The fraction of sp³-hybridized carbons (Fsp3) is 0.349. The van der Waals surface area contributed by atoms with Gasteiger partial charge in [0.05, 0.1) is 35.9 Å². The molecule has 4 amide bonds. The van der Waals surface area contributed by atoms with Crippen LogP contribution in [0.1, 0.15) is 76.2 Å². The van der Waals surface area contributed by atoms with E-state index in [0.717, 1.165) is 61.7 Å². The number of imidazole rings is 1.